The third-order valence-corrected chi connectivity index (χ3v) is 2.87. The topological polar surface area (TPSA) is 9.23 Å². The lowest BCUT2D eigenvalue weighted by molar-refractivity contribution is 0.357. The maximum Gasteiger partial charge on any atom is 0.125 e. The molecule has 0 atom stereocenters. The van der Waals surface area contributed by atoms with Crippen molar-refractivity contribution in [1.82, 2.24) is 0 Å². The zero-order valence-corrected chi connectivity index (χ0v) is 11.8. The number of benzene rings is 1. The van der Waals surface area contributed by atoms with Gasteiger partial charge in [-0.2, -0.15) is 0 Å². The zero-order chi connectivity index (χ0) is 13.4. The Balaban J connectivity index is 2.42. The number of aryl methyl sites for hydroxylation is 3. The highest BCUT2D eigenvalue weighted by Crippen LogP contribution is 2.24. The van der Waals surface area contributed by atoms with Gasteiger partial charge in [-0.05, 0) is 51.2 Å². The van der Waals surface area contributed by atoms with Crippen LogP contribution in [0.15, 0.2) is 36.9 Å². The molecule has 0 bridgehead atoms. The van der Waals surface area contributed by atoms with Gasteiger partial charge in [-0.15, -0.1) is 6.58 Å². The summed E-state index contributed by atoms with van der Waals surface area (Å²) in [4.78, 5) is 0. The number of hydrogen-bond donors (Lipinski definition) is 0. The molecule has 18 heavy (non-hydrogen) atoms. The average Bonchev–Trinajstić information content (AvgIpc) is 2.30. The van der Waals surface area contributed by atoms with E-state index in [4.69, 9.17) is 4.74 Å². The molecular formula is C17H24O. The van der Waals surface area contributed by atoms with E-state index >= 15 is 0 Å². The van der Waals surface area contributed by atoms with Crippen molar-refractivity contribution < 1.29 is 4.74 Å². The van der Waals surface area contributed by atoms with Crippen molar-refractivity contribution in [2.24, 2.45) is 0 Å². The highest BCUT2D eigenvalue weighted by molar-refractivity contribution is 5.43. The van der Waals surface area contributed by atoms with Gasteiger partial charge >= 0.3 is 0 Å². The van der Waals surface area contributed by atoms with Crippen LogP contribution in [0.4, 0.5) is 0 Å². The summed E-state index contributed by atoms with van der Waals surface area (Å²) in [6.45, 7) is 10.7. The fraction of sp³-hybridized carbons (Fsp3) is 0.412. The molecule has 1 rings (SSSR count). The minimum Gasteiger partial charge on any atom is -0.489 e. The van der Waals surface area contributed by atoms with Gasteiger partial charge in [0.15, 0.2) is 0 Å². The van der Waals surface area contributed by atoms with E-state index in [1.165, 1.54) is 23.1 Å². The van der Waals surface area contributed by atoms with Gasteiger partial charge < -0.3 is 4.74 Å². The summed E-state index contributed by atoms with van der Waals surface area (Å²) in [6.07, 6.45) is 9.60. The Bertz CT molecular complexity index is 393. The van der Waals surface area contributed by atoms with E-state index in [1.54, 1.807) is 0 Å². The highest BCUT2D eigenvalue weighted by Gasteiger charge is 2.03. The Labute approximate surface area is 111 Å². The van der Waals surface area contributed by atoms with Crippen LogP contribution in [-0.2, 0) is 0 Å². The van der Waals surface area contributed by atoms with Crippen LogP contribution >= 0.6 is 0 Å². The molecule has 0 aromatic heterocycles. The first-order valence-corrected chi connectivity index (χ1v) is 6.61. The Morgan fingerprint density at radius 3 is 2.33 bits per heavy atom. The molecule has 0 saturated carbocycles. The van der Waals surface area contributed by atoms with Crippen LogP contribution in [0.2, 0.25) is 0 Å². The Hall–Kier alpha value is -1.50. The van der Waals surface area contributed by atoms with E-state index in [0.29, 0.717) is 6.61 Å². The lowest BCUT2D eigenvalue weighted by Gasteiger charge is -2.11. The second-order valence-electron chi connectivity index (χ2n) is 4.73. The first kappa shape index (κ1) is 14.6. The first-order valence-electron chi connectivity index (χ1n) is 6.61. The van der Waals surface area contributed by atoms with Crippen molar-refractivity contribution in [3.05, 3.63) is 53.6 Å². The lowest BCUT2D eigenvalue weighted by Crippen LogP contribution is -1.98. The summed E-state index contributed by atoms with van der Waals surface area (Å²) >= 11 is 0. The molecule has 0 radical (unpaired) electrons. The fourth-order valence-electron chi connectivity index (χ4n) is 2.09. The standard InChI is InChI=1S/C17H24O/c1-5-6-7-8-9-10-11-18-17-15(3)12-14(2)13-16(17)4/h5,9-10,12-13H,1,6-8,11H2,2-4H3/b10-9+. The molecule has 0 unspecified atom stereocenters. The van der Waals surface area contributed by atoms with Gasteiger partial charge in [-0.25, -0.2) is 0 Å². The van der Waals surface area contributed by atoms with Gasteiger partial charge in [0.05, 0.1) is 0 Å². The van der Waals surface area contributed by atoms with E-state index in [0.717, 1.165) is 18.6 Å². The molecule has 0 saturated heterocycles. The van der Waals surface area contributed by atoms with Gasteiger partial charge in [0.25, 0.3) is 0 Å². The molecule has 0 aliphatic rings. The maximum absolute atomic E-state index is 5.82. The van der Waals surface area contributed by atoms with Crippen LogP contribution in [-0.4, -0.2) is 6.61 Å². The van der Waals surface area contributed by atoms with Crippen molar-refractivity contribution in [2.45, 2.75) is 40.0 Å². The highest BCUT2D eigenvalue weighted by atomic mass is 16.5. The zero-order valence-electron chi connectivity index (χ0n) is 11.8. The third-order valence-electron chi connectivity index (χ3n) is 2.87. The van der Waals surface area contributed by atoms with Gasteiger partial charge in [-0.1, -0.05) is 35.9 Å². The Kier molecular flexibility index (Phi) is 6.27. The molecule has 1 aromatic carbocycles. The molecule has 0 heterocycles. The summed E-state index contributed by atoms with van der Waals surface area (Å²) in [7, 11) is 0. The number of unbranched alkanes of at least 4 members (excludes halogenated alkanes) is 2. The molecule has 0 fully saturated rings. The third kappa shape index (κ3) is 4.79. The molecule has 1 aromatic rings. The molecule has 1 nitrogen and oxygen atoms in total. The van der Waals surface area contributed by atoms with Crippen LogP contribution in [0, 0.1) is 20.8 Å². The SMILES string of the molecule is C=CCCC/C=C/COc1c(C)cc(C)cc1C. The summed E-state index contributed by atoms with van der Waals surface area (Å²) < 4.78 is 5.82. The molecule has 0 amide bonds. The van der Waals surface area contributed by atoms with Gasteiger partial charge in [-0.3, -0.25) is 0 Å². The summed E-state index contributed by atoms with van der Waals surface area (Å²) in [6, 6.07) is 4.33. The predicted octanol–water partition coefficient (Wildman–Crippen LogP) is 4.90. The van der Waals surface area contributed by atoms with Gasteiger partial charge in [0, 0.05) is 0 Å². The summed E-state index contributed by atoms with van der Waals surface area (Å²) in [5.74, 6) is 1.02. The van der Waals surface area contributed by atoms with Crippen molar-refractivity contribution in [3.8, 4) is 5.75 Å². The summed E-state index contributed by atoms with van der Waals surface area (Å²) in [5, 5.41) is 0. The second-order valence-corrected chi connectivity index (χ2v) is 4.73. The normalized spacial score (nSPS) is 10.8. The van der Waals surface area contributed by atoms with Crippen LogP contribution in [0.25, 0.3) is 0 Å². The van der Waals surface area contributed by atoms with E-state index in [-0.39, 0.29) is 0 Å². The fourth-order valence-corrected chi connectivity index (χ4v) is 2.09. The van der Waals surface area contributed by atoms with E-state index in [2.05, 4.69) is 51.6 Å². The van der Waals surface area contributed by atoms with E-state index in [9.17, 15) is 0 Å². The second kappa shape index (κ2) is 7.75. The van der Waals surface area contributed by atoms with E-state index < -0.39 is 0 Å². The number of allylic oxidation sites excluding steroid dienone is 2. The Morgan fingerprint density at radius 1 is 1.06 bits per heavy atom. The minimum atomic E-state index is 0.652. The summed E-state index contributed by atoms with van der Waals surface area (Å²) in [5.41, 5.74) is 3.72. The largest absolute Gasteiger partial charge is 0.489 e. The quantitative estimate of drug-likeness (QED) is 0.489. The minimum absolute atomic E-state index is 0.652. The first-order chi connectivity index (χ1) is 8.65. The van der Waals surface area contributed by atoms with Gasteiger partial charge in [0.2, 0.25) is 0 Å². The van der Waals surface area contributed by atoms with Crippen molar-refractivity contribution in [2.75, 3.05) is 6.61 Å². The Morgan fingerprint density at radius 2 is 1.72 bits per heavy atom. The van der Waals surface area contributed by atoms with Crippen LogP contribution in [0.1, 0.15) is 36.0 Å². The van der Waals surface area contributed by atoms with Crippen molar-refractivity contribution in [3.63, 3.8) is 0 Å². The lowest BCUT2D eigenvalue weighted by atomic mass is 10.1. The molecule has 0 spiro atoms. The number of hydrogen-bond acceptors (Lipinski definition) is 1. The molecule has 1 heteroatoms. The number of rotatable bonds is 7. The monoisotopic (exact) mass is 244 g/mol. The van der Waals surface area contributed by atoms with Crippen molar-refractivity contribution in [1.29, 1.82) is 0 Å². The average molecular weight is 244 g/mol. The predicted molar refractivity (Wildman–Crippen MR) is 79.3 cm³/mol. The maximum atomic E-state index is 5.82. The van der Waals surface area contributed by atoms with Crippen LogP contribution in [0.3, 0.4) is 0 Å². The smallest absolute Gasteiger partial charge is 0.125 e. The van der Waals surface area contributed by atoms with Gasteiger partial charge in [0.1, 0.15) is 12.4 Å². The van der Waals surface area contributed by atoms with Crippen molar-refractivity contribution >= 4 is 0 Å². The van der Waals surface area contributed by atoms with Crippen LogP contribution < -0.4 is 4.74 Å². The molecule has 0 aliphatic carbocycles. The van der Waals surface area contributed by atoms with E-state index in [1.807, 2.05) is 6.08 Å². The molecule has 0 aliphatic heterocycles. The molecule has 98 valence electrons. The molecular weight excluding hydrogens is 220 g/mol. The molecule has 0 N–H and O–H groups in total. The number of ether oxygens (including phenoxy) is 1. The van der Waals surface area contributed by atoms with Crippen LogP contribution in [0.5, 0.6) is 5.75 Å².